The molecule has 0 fully saturated rings. The van der Waals surface area contributed by atoms with Gasteiger partial charge in [-0.15, -0.1) is 11.3 Å². The van der Waals surface area contributed by atoms with Gasteiger partial charge >= 0.3 is 0 Å². The Hall–Kier alpha value is -1.18. The fourth-order valence-electron chi connectivity index (χ4n) is 1.67. The summed E-state index contributed by atoms with van der Waals surface area (Å²) in [5, 5.41) is 6.00. The summed E-state index contributed by atoms with van der Waals surface area (Å²) in [6, 6.07) is 1.78. The molecule has 7 heteroatoms. The minimum absolute atomic E-state index is 0.104. The molecule has 0 atom stereocenters. The van der Waals surface area contributed by atoms with E-state index in [-0.39, 0.29) is 5.78 Å². The molecular formula is C12H13BrN2O3S. The molecule has 0 radical (unpaired) electrons. The lowest BCUT2D eigenvalue weighted by atomic mass is 10.2. The molecule has 2 aromatic rings. The van der Waals surface area contributed by atoms with E-state index in [0.717, 1.165) is 0 Å². The van der Waals surface area contributed by atoms with Gasteiger partial charge in [0.05, 0.1) is 30.9 Å². The molecule has 0 N–H and O–H groups in total. The molecule has 0 spiro atoms. The van der Waals surface area contributed by atoms with Crippen molar-refractivity contribution in [1.29, 1.82) is 0 Å². The summed E-state index contributed by atoms with van der Waals surface area (Å²) in [5.74, 6) is 0.480. The van der Waals surface area contributed by atoms with Crippen LogP contribution in [0.3, 0.4) is 0 Å². The van der Waals surface area contributed by atoms with Gasteiger partial charge in [-0.2, -0.15) is 5.10 Å². The second kappa shape index (κ2) is 6.31. The van der Waals surface area contributed by atoms with E-state index in [4.69, 9.17) is 9.47 Å². The van der Waals surface area contributed by atoms with Crippen LogP contribution in [0.4, 0.5) is 0 Å². The maximum atomic E-state index is 12.6. The molecular weight excluding hydrogens is 332 g/mol. The van der Waals surface area contributed by atoms with Crippen molar-refractivity contribution < 1.29 is 14.3 Å². The summed E-state index contributed by atoms with van der Waals surface area (Å²) < 4.78 is 12.5. The molecule has 0 aliphatic rings. The van der Waals surface area contributed by atoms with Crippen molar-refractivity contribution in [3.63, 3.8) is 0 Å². The Kier molecular flexibility index (Phi) is 4.73. The van der Waals surface area contributed by atoms with E-state index in [0.29, 0.717) is 33.9 Å². The Balaban J connectivity index is 2.35. The van der Waals surface area contributed by atoms with Gasteiger partial charge in [-0.3, -0.25) is 9.48 Å². The summed E-state index contributed by atoms with van der Waals surface area (Å²) in [6.07, 6.45) is 1.61. The first-order valence-corrected chi connectivity index (χ1v) is 7.22. The number of rotatable bonds is 6. The Morgan fingerprint density at radius 3 is 3.00 bits per heavy atom. The molecule has 0 aliphatic heterocycles. The third-order valence-corrected chi connectivity index (χ3v) is 4.05. The number of methoxy groups -OCH3 is 2. The molecule has 2 aromatic heterocycles. The Bertz CT molecular complexity index is 579. The minimum Gasteiger partial charge on any atom is -0.495 e. The predicted octanol–water partition coefficient (Wildman–Crippen LogP) is 2.59. The number of halogens is 1. The van der Waals surface area contributed by atoms with Gasteiger partial charge in [0, 0.05) is 7.11 Å². The number of hydrogen-bond donors (Lipinski definition) is 0. The monoisotopic (exact) mass is 344 g/mol. The first-order chi connectivity index (χ1) is 9.19. The van der Waals surface area contributed by atoms with Crippen molar-refractivity contribution in [2.75, 3.05) is 20.8 Å². The van der Waals surface area contributed by atoms with E-state index >= 15 is 0 Å². The second-order valence-corrected chi connectivity index (χ2v) is 5.47. The lowest BCUT2D eigenvalue weighted by Gasteiger charge is -2.07. The summed E-state index contributed by atoms with van der Waals surface area (Å²) in [4.78, 5) is 13.1. The number of carbonyl (C=O) groups excluding carboxylic acids is 1. The SMILES string of the molecule is COCCn1ncc(Br)c1C(=O)c1sccc1OC. The van der Waals surface area contributed by atoms with Gasteiger partial charge in [0.15, 0.2) is 0 Å². The molecule has 0 aliphatic carbocycles. The highest BCUT2D eigenvalue weighted by molar-refractivity contribution is 9.10. The smallest absolute Gasteiger partial charge is 0.225 e. The van der Waals surface area contributed by atoms with E-state index in [1.54, 1.807) is 31.2 Å². The summed E-state index contributed by atoms with van der Waals surface area (Å²) >= 11 is 4.71. The van der Waals surface area contributed by atoms with E-state index in [1.807, 2.05) is 5.38 Å². The number of hydrogen-bond acceptors (Lipinski definition) is 5. The minimum atomic E-state index is -0.104. The summed E-state index contributed by atoms with van der Waals surface area (Å²) in [5.41, 5.74) is 0.512. The number of ether oxygens (including phenoxy) is 2. The van der Waals surface area contributed by atoms with E-state index < -0.39 is 0 Å². The van der Waals surface area contributed by atoms with Crippen LogP contribution >= 0.6 is 27.3 Å². The Labute approximate surface area is 123 Å². The van der Waals surface area contributed by atoms with Crippen molar-refractivity contribution in [2.24, 2.45) is 0 Å². The summed E-state index contributed by atoms with van der Waals surface area (Å²) in [6.45, 7) is 1.02. The normalized spacial score (nSPS) is 10.7. The topological polar surface area (TPSA) is 53.4 Å². The van der Waals surface area contributed by atoms with E-state index in [9.17, 15) is 4.79 Å². The number of ketones is 1. The number of nitrogens with zero attached hydrogens (tertiary/aromatic N) is 2. The van der Waals surface area contributed by atoms with Crippen LogP contribution in [0, 0.1) is 0 Å². The van der Waals surface area contributed by atoms with Crippen LogP contribution in [-0.4, -0.2) is 36.4 Å². The summed E-state index contributed by atoms with van der Waals surface area (Å²) in [7, 11) is 3.17. The van der Waals surface area contributed by atoms with Crippen LogP contribution in [0.1, 0.15) is 15.4 Å². The van der Waals surface area contributed by atoms with Crippen LogP contribution in [0.5, 0.6) is 5.75 Å². The molecule has 0 unspecified atom stereocenters. The van der Waals surface area contributed by atoms with Gasteiger partial charge in [0.2, 0.25) is 5.78 Å². The number of aromatic nitrogens is 2. The van der Waals surface area contributed by atoms with Crippen molar-refractivity contribution in [2.45, 2.75) is 6.54 Å². The van der Waals surface area contributed by atoms with E-state index in [1.165, 1.54) is 11.3 Å². The largest absolute Gasteiger partial charge is 0.495 e. The molecule has 5 nitrogen and oxygen atoms in total. The van der Waals surface area contributed by atoms with Crippen LogP contribution in [0.15, 0.2) is 22.1 Å². The molecule has 2 heterocycles. The lowest BCUT2D eigenvalue weighted by Crippen LogP contribution is -2.14. The molecule has 0 aromatic carbocycles. The maximum absolute atomic E-state index is 12.6. The number of thiophene rings is 1. The Morgan fingerprint density at radius 1 is 1.53 bits per heavy atom. The molecule has 0 saturated heterocycles. The fraction of sp³-hybridized carbons (Fsp3) is 0.333. The van der Waals surface area contributed by atoms with Gasteiger partial charge in [-0.1, -0.05) is 0 Å². The van der Waals surface area contributed by atoms with Crippen LogP contribution in [0.25, 0.3) is 0 Å². The van der Waals surface area contributed by atoms with E-state index in [2.05, 4.69) is 21.0 Å². The van der Waals surface area contributed by atoms with Gasteiger partial charge in [-0.25, -0.2) is 0 Å². The fourth-order valence-corrected chi connectivity index (χ4v) is 2.94. The standard InChI is InChI=1S/C12H13BrN2O3S/c1-17-5-4-15-10(8(13)7-14-15)11(16)12-9(18-2)3-6-19-12/h3,6-7H,4-5H2,1-2H3. The zero-order valence-electron chi connectivity index (χ0n) is 10.6. The third-order valence-electron chi connectivity index (χ3n) is 2.57. The molecule has 0 saturated carbocycles. The molecule has 0 bridgehead atoms. The van der Waals surface area contributed by atoms with Crippen molar-refractivity contribution >= 4 is 33.0 Å². The van der Waals surface area contributed by atoms with Crippen LogP contribution < -0.4 is 4.74 Å². The van der Waals surface area contributed by atoms with Crippen molar-refractivity contribution in [3.8, 4) is 5.75 Å². The Morgan fingerprint density at radius 2 is 2.32 bits per heavy atom. The second-order valence-electron chi connectivity index (χ2n) is 3.70. The molecule has 19 heavy (non-hydrogen) atoms. The number of carbonyl (C=O) groups is 1. The first-order valence-electron chi connectivity index (χ1n) is 5.55. The predicted molar refractivity (Wildman–Crippen MR) is 76.1 cm³/mol. The molecule has 2 rings (SSSR count). The zero-order valence-corrected chi connectivity index (χ0v) is 13.0. The van der Waals surface area contributed by atoms with Gasteiger partial charge in [0.25, 0.3) is 0 Å². The van der Waals surface area contributed by atoms with Gasteiger partial charge < -0.3 is 9.47 Å². The van der Waals surface area contributed by atoms with Gasteiger partial charge in [0.1, 0.15) is 16.3 Å². The third kappa shape index (κ3) is 2.88. The average molecular weight is 345 g/mol. The van der Waals surface area contributed by atoms with Gasteiger partial charge in [-0.05, 0) is 27.4 Å². The average Bonchev–Trinajstić information content (AvgIpc) is 3.02. The van der Waals surface area contributed by atoms with Crippen molar-refractivity contribution in [3.05, 3.63) is 32.7 Å². The highest BCUT2D eigenvalue weighted by Crippen LogP contribution is 2.29. The van der Waals surface area contributed by atoms with Crippen molar-refractivity contribution in [1.82, 2.24) is 9.78 Å². The van der Waals surface area contributed by atoms with Crippen LogP contribution in [-0.2, 0) is 11.3 Å². The zero-order chi connectivity index (χ0) is 13.8. The highest BCUT2D eigenvalue weighted by Gasteiger charge is 2.22. The van der Waals surface area contributed by atoms with Crippen LogP contribution in [0.2, 0.25) is 0 Å². The lowest BCUT2D eigenvalue weighted by molar-refractivity contribution is 0.102. The maximum Gasteiger partial charge on any atom is 0.225 e. The first kappa shape index (κ1) is 14.2. The quantitative estimate of drug-likeness (QED) is 0.756. The molecule has 102 valence electrons. The molecule has 0 amide bonds. The highest BCUT2D eigenvalue weighted by atomic mass is 79.9.